The first-order chi connectivity index (χ1) is 52.5. The highest BCUT2D eigenvalue weighted by atomic mass is 16.8. The van der Waals surface area contributed by atoms with Gasteiger partial charge in [-0.05, 0) is 116 Å². The maximum atomic E-state index is 16.3. The van der Waals surface area contributed by atoms with Crippen LogP contribution in [0.1, 0.15) is 120 Å². The van der Waals surface area contributed by atoms with Gasteiger partial charge in [0.2, 0.25) is 6.29 Å². The fourth-order valence-corrected chi connectivity index (χ4v) is 21.2. The van der Waals surface area contributed by atoms with E-state index < -0.39 is 311 Å². The van der Waals surface area contributed by atoms with E-state index >= 15 is 4.79 Å². The molecule has 0 radical (unpaired) electrons. The van der Waals surface area contributed by atoms with E-state index in [0.717, 1.165) is 12.7 Å². The molecular weight excluding hydrogens is 1500 g/mol. The van der Waals surface area contributed by atoms with Gasteiger partial charge in [0.05, 0.1) is 64.6 Å². The topological polar surface area (TPSA) is 575 Å². The Labute approximate surface area is 646 Å². The van der Waals surface area contributed by atoms with Crippen molar-refractivity contribution in [2.75, 3.05) is 40.1 Å². The van der Waals surface area contributed by atoms with Crippen LogP contribution in [0.25, 0.3) is 0 Å². The minimum Gasteiger partial charge on any atom is -0.467 e. The Kier molecular flexibility index (Phi) is 25.7. The van der Waals surface area contributed by atoms with Gasteiger partial charge in [-0.2, -0.15) is 0 Å². The van der Waals surface area contributed by atoms with Crippen LogP contribution in [0.15, 0.2) is 11.6 Å². The lowest BCUT2D eigenvalue weighted by Crippen LogP contribution is -2.69. The molecule has 642 valence electrons. The lowest BCUT2D eigenvalue weighted by Gasteiger charge is -2.71. The summed E-state index contributed by atoms with van der Waals surface area (Å²) in [7, 11) is 1.09. The van der Waals surface area contributed by atoms with Crippen molar-refractivity contribution in [3.63, 3.8) is 0 Å². The molecule has 8 saturated heterocycles. The molecule has 8 aliphatic heterocycles. The number of aliphatic hydroxyl groups excluding tert-OH is 19. The summed E-state index contributed by atoms with van der Waals surface area (Å²) in [5.74, 6) is -2.74. The number of aliphatic hydroxyl groups is 19. The highest BCUT2D eigenvalue weighted by molar-refractivity contribution is 5.80. The number of carbonyl (C=O) groups excluding carboxylic acids is 2. The van der Waals surface area contributed by atoms with E-state index in [0.29, 0.717) is 44.9 Å². The first-order valence-corrected chi connectivity index (χ1v) is 39.1. The SMILES string of the molecule is COC(=O)[C@H]1O[C@@H](O[C@H]2CC[C@]3(C)[C@H]4CC=C5[C@@H]6CC(C)(C)CC[C@]6(C(=O)O[C@@H]6OC[C@@H](O)[C@H](O[C@@H]7O[C@@H](C)[C@H](O)[C@@H](O)[C@H]7O)[C@H]6O[C@@H]6O[C@@H](C)[C@H](O[C@@H]7OC[C@@H](O)[C@H](O)[C@H]7O)[C@@H](O[C@@H]7OC[C@@H](O)[C@H](O[C@@H]8OC[C@@H](O)[C@H](O)[C@H]8O)[C@H]7O)[C@H]6O)[C@H](O)C[C@@]5(C)[C@]4(C)CC[C@H]3C2(C)C)[C@H](O)[C@@H](O[C@@H]2OC[C@@H](O)[C@H](O)[C@H]2O)[C@@H]1O. The van der Waals surface area contributed by atoms with Crippen molar-refractivity contribution < 1.29 is 187 Å². The normalized spacial score (nSPS) is 54.3. The largest absolute Gasteiger partial charge is 0.467 e. The van der Waals surface area contributed by atoms with Crippen molar-refractivity contribution in [1.29, 1.82) is 0 Å². The van der Waals surface area contributed by atoms with Crippen LogP contribution in [0.2, 0.25) is 0 Å². The zero-order valence-corrected chi connectivity index (χ0v) is 64.3. The van der Waals surface area contributed by atoms with Gasteiger partial charge in [-0.15, -0.1) is 0 Å². The first kappa shape index (κ1) is 87.1. The van der Waals surface area contributed by atoms with E-state index in [2.05, 4.69) is 54.5 Å². The van der Waals surface area contributed by atoms with Crippen LogP contribution in [-0.2, 0) is 90.1 Å². The third-order valence-corrected chi connectivity index (χ3v) is 28.0. The highest BCUT2D eigenvalue weighted by Gasteiger charge is 2.73. The molecule has 13 aliphatic rings. The van der Waals surface area contributed by atoms with Crippen LogP contribution in [0.5, 0.6) is 0 Å². The fourth-order valence-electron chi connectivity index (χ4n) is 21.2. The zero-order chi connectivity index (χ0) is 81.5. The number of ether oxygens (including phenoxy) is 17. The molecule has 44 atom stereocenters. The number of methoxy groups -OCH3 is 1. The van der Waals surface area contributed by atoms with E-state index in [4.69, 9.17) is 80.5 Å². The molecule has 0 aromatic heterocycles. The third-order valence-electron chi connectivity index (χ3n) is 28.0. The summed E-state index contributed by atoms with van der Waals surface area (Å²) < 4.78 is 102. The Bertz CT molecular complexity index is 3270. The smallest absolute Gasteiger partial charge is 0.337 e. The van der Waals surface area contributed by atoms with E-state index in [1.807, 2.05) is 0 Å². The van der Waals surface area contributed by atoms with Gasteiger partial charge >= 0.3 is 11.9 Å². The Balaban J connectivity index is 0.784. The molecule has 0 bridgehead atoms. The molecule has 112 heavy (non-hydrogen) atoms. The number of hydrogen-bond donors (Lipinski definition) is 19. The van der Waals surface area contributed by atoms with Crippen LogP contribution < -0.4 is 0 Å². The second kappa shape index (κ2) is 33.0. The Morgan fingerprint density at radius 1 is 0.411 bits per heavy atom. The summed E-state index contributed by atoms with van der Waals surface area (Å²) in [5, 5.41) is 213. The van der Waals surface area contributed by atoms with Crippen molar-refractivity contribution in [2.24, 2.45) is 50.2 Å². The van der Waals surface area contributed by atoms with Crippen molar-refractivity contribution in [2.45, 2.75) is 347 Å². The van der Waals surface area contributed by atoms with Gasteiger partial charge in [0, 0.05) is 0 Å². The Hall–Kier alpha value is -2.68. The minimum absolute atomic E-state index is 0.0419. The maximum Gasteiger partial charge on any atom is 0.337 e. The molecule has 12 fully saturated rings. The van der Waals surface area contributed by atoms with Gasteiger partial charge < -0.3 is 178 Å². The summed E-state index contributed by atoms with van der Waals surface area (Å²) in [6, 6.07) is 0. The van der Waals surface area contributed by atoms with E-state index in [1.165, 1.54) is 13.8 Å². The molecule has 8 heterocycles. The van der Waals surface area contributed by atoms with Gasteiger partial charge in [0.15, 0.2) is 56.2 Å². The molecule has 38 nitrogen and oxygen atoms in total. The Morgan fingerprint density at radius 2 is 0.875 bits per heavy atom. The quantitative estimate of drug-likeness (QED) is 0.0366. The molecule has 0 unspecified atom stereocenters. The number of hydrogen-bond acceptors (Lipinski definition) is 38. The average molecular weight is 1620 g/mol. The number of carbonyl (C=O) groups is 2. The highest BCUT2D eigenvalue weighted by Crippen LogP contribution is 2.76. The molecule has 13 rings (SSSR count). The molecule has 0 aromatic carbocycles. The van der Waals surface area contributed by atoms with Gasteiger partial charge in [-0.25, -0.2) is 4.79 Å². The van der Waals surface area contributed by atoms with E-state index in [-0.39, 0.29) is 24.7 Å². The lowest BCUT2D eigenvalue weighted by atomic mass is 9.33. The second-order valence-corrected chi connectivity index (χ2v) is 35.6. The lowest BCUT2D eigenvalue weighted by molar-refractivity contribution is -0.399. The molecule has 5 aliphatic carbocycles. The van der Waals surface area contributed by atoms with Crippen LogP contribution in [0.4, 0.5) is 0 Å². The van der Waals surface area contributed by atoms with Gasteiger partial charge in [0.25, 0.3) is 0 Å². The molecule has 0 spiro atoms. The molecule has 4 saturated carbocycles. The van der Waals surface area contributed by atoms with Crippen LogP contribution >= 0.6 is 0 Å². The summed E-state index contributed by atoms with van der Waals surface area (Å²) in [4.78, 5) is 29.5. The molecule has 0 aromatic rings. The average Bonchev–Trinajstić information content (AvgIpc) is 0.670. The van der Waals surface area contributed by atoms with Crippen molar-refractivity contribution in [3.8, 4) is 0 Å². The van der Waals surface area contributed by atoms with Crippen molar-refractivity contribution in [3.05, 3.63) is 11.6 Å². The van der Waals surface area contributed by atoms with Crippen molar-refractivity contribution >= 4 is 11.9 Å². The van der Waals surface area contributed by atoms with Gasteiger partial charge in [-0.3, -0.25) is 4.79 Å². The van der Waals surface area contributed by atoms with Crippen LogP contribution in [0, 0.1) is 50.2 Å². The first-order valence-electron chi connectivity index (χ1n) is 39.1. The third kappa shape index (κ3) is 15.3. The predicted octanol–water partition coefficient (Wildman–Crippen LogP) is -6.34. The summed E-state index contributed by atoms with van der Waals surface area (Å²) in [6.45, 7) is 14.9. The second-order valence-electron chi connectivity index (χ2n) is 35.6. The Morgan fingerprint density at radius 3 is 1.46 bits per heavy atom. The van der Waals surface area contributed by atoms with E-state index in [9.17, 15) is 102 Å². The predicted molar refractivity (Wildman–Crippen MR) is 367 cm³/mol. The molecule has 38 heteroatoms. The molecule has 0 amide bonds. The summed E-state index contributed by atoms with van der Waals surface area (Å²) in [6.07, 6.45) is -58.2. The zero-order valence-electron chi connectivity index (χ0n) is 64.3. The maximum absolute atomic E-state index is 16.3. The van der Waals surface area contributed by atoms with Crippen LogP contribution in [0.3, 0.4) is 0 Å². The molecular formula is C74H118O38. The van der Waals surface area contributed by atoms with Gasteiger partial charge in [-0.1, -0.05) is 60.1 Å². The fraction of sp³-hybridized carbons (Fsp3) is 0.946. The molecule has 19 N–H and O–H groups in total. The standard InChI is InChI=1S/C74H118O38/c1-26-39(81)43(85)47(89)64(102-26)107-54-34(79)25-101-67(58(54)111-65-51(93)56(52(27(2)103-65)105-60-44(86)40(82)30(75)21-97-60)109-63-49(91)53(33(78)24-100-63)106-61-45(87)41(83)31(76)22-98-61)112-68(95)74-18-17-69(3,4)19-29(74)28-11-12-36-71(7)15-14-38(70(5,6)35(71)13-16-72(36,8)73(28,9)20-37(74)80)104-66-50(92)55(48(90)57(110-66)59(94)96-10)108-62-46(88)42(84)32(77)23-99-62/h11,26-27,29-58,60-67,75-93H,12-25H2,1-10H3/t26-,27-,29-,30+,31+,32+,33+,34+,35-,36+,37+,38-,39-,40-,41-,42-,43+,44+,45+,46+,47+,48-,49+,50+,51+,52-,53-,54-,55-,56-,57-,58+,60-,61-,62-,63-,64-,65-,66+,67-,71-,72+,73+,74+/m0/s1. The summed E-state index contributed by atoms with van der Waals surface area (Å²) in [5.41, 5.74) is -3.61. The number of esters is 2. The van der Waals surface area contributed by atoms with E-state index in [1.54, 1.807) is 0 Å². The number of allylic oxidation sites excluding steroid dienone is 2. The van der Waals surface area contributed by atoms with Crippen LogP contribution in [-0.4, -0.2) is 376 Å². The number of rotatable bonds is 17. The minimum atomic E-state index is -2.21. The monoisotopic (exact) mass is 1610 g/mol. The van der Waals surface area contributed by atoms with Gasteiger partial charge in [0.1, 0.15) is 146 Å². The summed E-state index contributed by atoms with van der Waals surface area (Å²) >= 11 is 0. The number of fused-ring (bicyclic) bond motifs is 7. The van der Waals surface area contributed by atoms with Crippen molar-refractivity contribution in [1.82, 2.24) is 0 Å².